The van der Waals surface area contributed by atoms with E-state index in [9.17, 15) is 22.0 Å². The molecule has 37 heavy (non-hydrogen) atoms. The lowest BCUT2D eigenvalue weighted by Gasteiger charge is -2.38. The van der Waals surface area contributed by atoms with Gasteiger partial charge in [0.15, 0.2) is 0 Å². The van der Waals surface area contributed by atoms with Crippen LogP contribution in [-0.2, 0) is 6.18 Å². The lowest BCUT2D eigenvalue weighted by atomic mass is 9.97. The van der Waals surface area contributed by atoms with Gasteiger partial charge in [0.25, 0.3) is 6.43 Å². The van der Waals surface area contributed by atoms with E-state index in [1.54, 1.807) is 29.2 Å². The summed E-state index contributed by atoms with van der Waals surface area (Å²) in [5.41, 5.74) is 0.629. The number of halogens is 5. The number of ether oxygens (including phenoxy) is 1. The predicted octanol–water partition coefficient (Wildman–Crippen LogP) is 5.99. The number of hydrogen-bond donors (Lipinski definition) is 1. The van der Waals surface area contributed by atoms with Crippen LogP contribution < -0.4 is 15.0 Å². The smallest absolute Gasteiger partial charge is 0.416 e. The molecule has 3 heterocycles. The van der Waals surface area contributed by atoms with Crippen molar-refractivity contribution in [2.45, 2.75) is 12.6 Å². The van der Waals surface area contributed by atoms with Crippen molar-refractivity contribution < 1.29 is 26.7 Å². The van der Waals surface area contributed by atoms with E-state index in [1.165, 1.54) is 25.4 Å². The average Bonchev–Trinajstić information content (AvgIpc) is 2.91. The Hall–Kier alpha value is -3.89. The maximum Gasteiger partial charge on any atom is 0.416 e. The van der Waals surface area contributed by atoms with E-state index < -0.39 is 18.2 Å². The number of para-hydroxylation sites is 1. The van der Waals surface area contributed by atoms with Gasteiger partial charge in [0.2, 0.25) is 0 Å². The maximum atomic E-state index is 13.8. The summed E-state index contributed by atoms with van der Waals surface area (Å²) in [6.45, 7) is 2.10. The lowest BCUT2D eigenvalue weighted by molar-refractivity contribution is -0.137. The Morgan fingerprint density at radius 2 is 1.68 bits per heavy atom. The summed E-state index contributed by atoms with van der Waals surface area (Å²) in [6, 6.07) is 11.9. The predicted molar refractivity (Wildman–Crippen MR) is 132 cm³/mol. The Labute approximate surface area is 210 Å². The minimum absolute atomic E-state index is 0.120. The highest BCUT2D eigenvalue weighted by Crippen LogP contribution is 2.45. The molecule has 11 heteroatoms. The fourth-order valence-corrected chi connectivity index (χ4v) is 4.69. The van der Waals surface area contributed by atoms with Gasteiger partial charge in [0.1, 0.15) is 17.4 Å². The first-order valence-electron chi connectivity index (χ1n) is 11.7. The molecule has 3 aromatic rings. The van der Waals surface area contributed by atoms with Crippen LogP contribution in [0.3, 0.4) is 0 Å². The van der Waals surface area contributed by atoms with Crippen LogP contribution >= 0.6 is 0 Å². The monoisotopic (exact) mass is 517 g/mol. The van der Waals surface area contributed by atoms with E-state index in [1.807, 2.05) is 4.90 Å². The number of nitrogens with zero attached hydrogens (tertiary/aromatic N) is 4. The van der Waals surface area contributed by atoms with Gasteiger partial charge >= 0.3 is 6.18 Å². The van der Waals surface area contributed by atoms with E-state index in [2.05, 4.69) is 15.3 Å². The van der Waals surface area contributed by atoms with Crippen LogP contribution in [-0.4, -0.2) is 55.6 Å². The second kappa shape index (κ2) is 9.87. The third-order valence-electron chi connectivity index (χ3n) is 6.51. The first-order chi connectivity index (χ1) is 17.8. The number of methoxy groups -OCH3 is 1. The largest absolute Gasteiger partial charge is 0.496 e. The molecule has 0 bridgehead atoms. The highest BCUT2D eigenvalue weighted by molar-refractivity contribution is 5.99. The van der Waals surface area contributed by atoms with E-state index >= 15 is 0 Å². The number of aromatic nitrogens is 1. The Morgan fingerprint density at radius 3 is 2.38 bits per heavy atom. The number of amidine groups is 1. The zero-order valence-corrected chi connectivity index (χ0v) is 19.9. The van der Waals surface area contributed by atoms with E-state index in [0.717, 1.165) is 12.1 Å². The molecular formula is C26H24F5N5O. The van der Waals surface area contributed by atoms with Gasteiger partial charge < -0.3 is 19.9 Å². The van der Waals surface area contributed by atoms with Crippen LogP contribution in [0.2, 0.25) is 0 Å². The number of fused-ring (bicyclic) bond motifs is 1. The first-order valence-corrected chi connectivity index (χ1v) is 11.7. The number of nitrogens with one attached hydrogen (secondary N) is 1. The Balaban J connectivity index is 1.45. The molecule has 0 spiro atoms. The van der Waals surface area contributed by atoms with Crippen molar-refractivity contribution in [1.29, 1.82) is 0 Å². The fraction of sp³-hybridized carbons (Fsp3) is 0.308. The van der Waals surface area contributed by atoms with Crippen molar-refractivity contribution >= 4 is 23.0 Å². The SMILES string of the molecule is COc1ccccc1-c1cc(C(F)(F)F)cc2c1NCC(N1CCN(c3ncccc3C(F)F)CC1)=N2. The van der Waals surface area contributed by atoms with Gasteiger partial charge in [0.05, 0.1) is 36.2 Å². The Kier molecular flexibility index (Phi) is 6.61. The molecule has 0 unspecified atom stereocenters. The molecule has 0 atom stereocenters. The van der Waals surface area contributed by atoms with Gasteiger partial charge in [0, 0.05) is 43.5 Å². The molecule has 2 aliphatic heterocycles. The summed E-state index contributed by atoms with van der Waals surface area (Å²) >= 11 is 0. The van der Waals surface area contributed by atoms with Crippen molar-refractivity contribution in [3.63, 3.8) is 0 Å². The number of alkyl halides is 5. The highest BCUT2D eigenvalue weighted by atomic mass is 19.4. The number of aliphatic imine (C=N–C) groups is 1. The Bertz CT molecular complexity index is 1320. The van der Waals surface area contributed by atoms with E-state index in [4.69, 9.17) is 4.74 Å². The number of benzene rings is 2. The summed E-state index contributed by atoms with van der Waals surface area (Å²) < 4.78 is 73.6. The molecule has 1 N–H and O–H groups in total. The summed E-state index contributed by atoms with van der Waals surface area (Å²) in [5.74, 6) is 1.30. The van der Waals surface area contributed by atoms with Crippen molar-refractivity contribution in [2.24, 2.45) is 4.99 Å². The van der Waals surface area contributed by atoms with E-state index in [-0.39, 0.29) is 17.1 Å². The third kappa shape index (κ3) is 4.90. The minimum Gasteiger partial charge on any atom is -0.496 e. The zero-order valence-electron chi connectivity index (χ0n) is 19.9. The average molecular weight is 518 g/mol. The molecule has 0 amide bonds. The van der Waals surface area contributed by atoms with Crippen LogP contribution in [0.4, 0.5) is 39.1 Å². The standard InChI is InChI=1S/C26H24F5N5O/c1-37-21-7-3-2-5-17(21)19-13-16(26(29,30)31)14-20-23(19)33-15-22(34-20)35-9-11-36(12-10-35)25-18(24(27)28)6-4-8-32-25/h2-8,13-14,24,33H,9-12,15H2,1H3. The van der Waals surface area contributed by atoms with Crippen LogP contribution in [0.5, 0.6) is 5.75 Å². The van der Waals surface area contributed by atoms with Gasteiger partial charge in [-0.3, -0.25) is 0 Å². The second-order valence-corrected chi connectivity index (χ2v) is 8.69. The molecule has 5 rings (SSSR count). The highest BCUT2D eigenvalue weighted by Gasteiger charge is 2.34. The topological polar surface area (TPSA) is 53.0 Å². The van der Waals surface area contributed by atoms with Crippen molar-refractivity contribution in [1.82, 2.24) is 9.88 Å². The van der Waals surface area contributed by atoms with Crippen LogP contribution in [0, 0.1) is 0 Å². The van der Waals surface area contributed by atoms with Gasteiger partial charge in [-0.15, -0.1) is 0 Å². The van der Waals surface area contributed by atoms with Crippen LogP contribution in [0.15, 0.2) is 59.7 Å². The third-order valence-corrected chi connectivity index (χ3v) is 6.51. The fourth-order valence-electron chi connectivity index (χ4n) is 4.69. The molecule has 1 saturated heterocycles. The van der Waals surface area contributed by atoms with Crippen LogP contribution in [0.1, 0.15) is 17.6 Å². The van der Waals surface area contributed by atoms with Gasteiger partial charge in [-0.1, -0.05) is 18.2 Å². The van der Waals surface area contributed by atoms with Crippen molar-refractivity contribution in [2.75, 3.05) is 50.1 Å². The summed E-state index contributed by atoms with van der Waals surface area (Å²) in [5, 5.41) is 3.25. The normalized spacial score (nSPS) is 15.8. The van der Waals surface area contributed by atoms with Crippen LogP contribution in [0.25, 0.3) is 11.1 Å². The number of anilines is 2. The van der Waals surface area contributed by atoms with Gasteiger partial charge in [-0.2, -0.15) is 13.2 Å². The second-order valence-electron chi connectivity index (χ2n) is 8.69. The molecule has 1 fully saturated rings. The lowest BCUT2D eigenvalue weighted by Crippen LogP contribution is -2.51. The molecular weight excluding hydrogens is 493 g/mol. The quantitative estimate of drug-likeness (QED) is 0.431. The van der Waals surface area contributed by atoms with E-state index in [0.29, 0.717) is 61.1 Å². The first kappa shape index (κ1) is 24.8. The molecule has 6 nitrogen and oxygen atoms in total. The van der Waals surface area contributed by atoms with Gasteiger partial charge in [-0.05, 0) is 30.3 Å². The molecule has 194 valence electrons. The summed E-state index contributed by atoms with van der Waals surface area (Å²) in [7, 11) is 1.47. The molecule has 0 aliphatic carbocycles. The zero-order chi connectivity index (χ0) is 26.2. The Morgan fingerprint density at radius 1 is 0.946 bits per heavy atom. The maximum absolute atomic E-state index is 13.8. The molecule has 0 saturated carbocycles. The van der Waals surface area contributed by atoms with Gasteiger partial charge in [-0.25, -0.2) is 18.8 Å². The molecule has 0 radical (unpaired) electrons. The molecule has 1 aromatic heterocycles. The number of piperazine rings is 1. The number of hydrogen-bond acceptors (Lipinski definition) is 6. The summed E-state index contributed by atoms with van der Waals surface area (Å²) in [4.78, 5) is 12.5. The van der Waals surface area contributed by atoms with Crippen molar-refractivity contribution in [3.05, 3.63) is 65.9 Å². The summed E-state index contributed by atoms with van der Waals surface area (Å²) in [6.07, 6.45) is -5.71. The minimum atomic E-state index is -4.56. The number of rotatable bonds is 4. The molecule has 2 aliphatic rings. The molecule has 2 aromatic carbocycles. The van der Waals surface area contributed by atoms with Crippen molar-refractivity contribution in [3.8, 4) is 16.9 Å². The number of pyridine rings is 1.